The molecule has 2 aromatic heterocycles. The van der Waals surface area contributed by atoms with E-state index in [1.807, 2.05) is 6.92 Å². The van der Waals surface area contributed by atoms with Gasteiger partial charge < -0.3 is 0 Å². The summed E-state index contributed by atoms with van der Waals surface area (Å²) in [5.74, 6) is 0. The van der Waals surface area contributed by atoms with Crippen LogP contribution in [0.3, 0.4) is 0 Å². The summed E-state index contributed by atoms with van der Waals surface area (Å²) in [6.07, 6.45) is 0. The normalized spacial score (nSPS) is 13.1. The first kappa shape index (κ1) is 12.7. The van der Waals surface area contributed by atoms with E-state index < -0.39 is 0 Å². The fraction of sp³-hybridized carbons (Fsp3) is 0.143. The molecule has 0 saturated heterocycles. The molecular weight excluding hydrogens is 348 g/mol. The SMILES string of the molecule is Cc1csc(C(Br)c2csc3ccccc23)c1Cl. The molecule has 92 valence electrons. The number of rotatable bonds is 2. The number of alkyl halides is 1. The van der Waals surface area contributed by atoms with Crippen LogP contribution in [0.15, 0.2) is 35.0 Å². The maximum atomic E-state index is 6.36. The number of hydrogen-bond donors (Lipinski definition) is 0. The summed E-state index contributed by atoms with van der Waals surface area (Å²) in [4.78, 5) is 1.37. The number of benzene rings is 1. The lowest BCUT2D eigenvalue weighted by Gasteiger charge is -2.08. The van der Waals surface area contributed by atoms with Crippen molar-refractivity contribution in [1.29, 1.82) is 0 Å². The van der Waals surface area contributed by atoms with Crippen molar-refractivity contribution in [2.75, 3.05) is 0 Å². The van der Waals surface area contributed by atoms with Crippen LogP contribution in [-0.4, -0.2) is 0 Å². The second-order valence-electron chi connectivity index (χ2n) is 4.15. The molecule has 0 aliphatic carbocycles. The summed E-state index contributed by atoms with van der Waals surface area (Å²) in [6, 6.07) is 8.49. The predicted molar refractivity (Wildman–Crippen MR) is 86.7 cm³/mol. The van der Waals surface area contributed by atoms with Gasteiger partial charge in [0.25, 0.3) is 0 Å². The molecule has 18 heavy (non-hydrogen) atoms. The molecule has 2 heterocycles. The molecule has 1 aromatic carbocycles. The van der Waals surface area contributed by atoms with Gasteiger partial charge in [0, 0.05) is 9.58 Å². The molecule has 3 rings (SSSR count). The van der Waals surface area contributed by atoms with Crippen LogP contribution in [-0.2, 0) is 0 Å². The minimum Gasteiger partial charge on any atom is -0.145 e. The Bertz CT molecular complexity index is 699. The van der Waals surface area contributed by atoms with Crippen molar-refractivity contribution in [1.82, 2.24) is 0 Å². The lowest BCUT2D eigenvalue weighted by Crippen LogP contribution is -1.88. The highest BCUT2D eigenvalue weighted by atomic mass is 79.9. The average Bonchev–Trinajstić information content (AvgIpc) is 2.94. The molecule has 0 nitrogen and oxygen atoms in total. The topological polar surface area (TPSA) is 0 Å². The van der Waals surface area contributed by atoms with Gasteiger partial charge in [-0.1, -0.05) is 45.7 Å². The van der Waals surface area contributed by atoms with Crippen LogP contribution in [0.2, 0.25) is 5.02 Å². The van der Waals surface area contributed by atoms with E-state index in [2.05, 4.69) is 51.0 Å². The zero-order chi connectivity index (χ0) is 12.7. The maximum absolute atomic E-state index is 6.36. The Morgan fingerprint density at radius 3 is 2.67 bits per heavy atom. The van der Waals surface area contributed by atoms with Crippen LogP contribution in [0.5, 0.6) is 0 Å². The van der Waals surface area contributed by atoms with Gasteiger partial charge in [0.1, 0.15) is 0 Å². The molecule has 0 aliphatic rings. The molecule has 0 bridgehead atoms. The number of halogens is 2. The summed E-state index contributed by atoms with van der Waals surface area (Å²) in [7, 11) is 0. The van der Waals surface area contributed by atoms with Crippen molar-refractivity contribution in [3.05, 3.63) is 56.1 Å². The number of thiophene rings is 2. The van der Waals surface area contributed by atoms with Gasteiger partial charge in [0.15, 0.2) is 0 Å². The summed E-state index contributed by atoms with van der Waals surface area (Å²) in [5, 5.41) is 6.53. The van der Waals surface area contributed by atoms with Crippen molar-refractivity contribution in [2.24, 2.45) is 0 Å². The van der Waals surface area contributed by atoms with Crippen molar-refractivity contribution >= 4 is 60.3 Å². The van der Waals surface area contributed by atoms with Crippen molar-refractivity contribution < 1.29 is 0 Å². The predicted octanol–water partition coefficient (Wildman–Crippen LogP) is 6.41. The van der Waals surface area contributed by atoms with Gasteiger partial charge in [-0.2, -0.15) is 0 Å². The summed E-state index contributed by atoms with van der Waals surface area (Å²) in [6.45, 7) is 2.05. The van der Waals surface area contributed by atoms with E-state index in [1.165, 1.54) is 20.5 Å². The highest BCUT2D eigenvalue weighted by Gasteiger charge is 2.19. The smallest absolute Gasteiger partial charge is 0.0767 e. The van der Waals surface area contributed by atoms with Gasteiger partial charge in [-0.05, 0) is 40.3 Å². The third-order valence-electron chi connectivity index (χ3n) is 2.94. The summed E-state index contributed by atoms with van der Waals surface area (Å²) in [5.41, 5.74) is 2.46. The van der Waals surface area contributed by atoms with E-state index in [9.17, 15) is 0 Å². The molecule has 1 unspecified atom stereocenters. The summed E-state index contributed by atoms with van der Waals surface area (Å²) >= 11 is 13.6. The zero-order valence-electron chi connectivity index (χ0n) is 9.61. The van der Waals surface area contributed by atoms with Gasteiger partial charge in [0.2, 0.25) is 0 Å². The molecule has 0 saturated carbocycles. The first-order valence-corrected chi connectivity index (χ1v) is 8.57. The average molecular weight is 358 g/mol. The van der Waals surface area contributed by atoms with Crippen molar-refractivity contribution in [3.63, 3.8) is 0 Å². The first-order chi connectivity index (χ1) is 8.68. The van der Waals surface area contributed by atoms with Crippen LogP contribution in [0.25, 0.3) is 10.1 Å². The molecule has 3 aromatic rings. The second kappa shape index (κ2) is 4.97. The standard InChI is InChI=1S/C14H10BrClS2/c1-8-6-18-14(13(8)16)12(15)10-7-17-11-5-3-2-4-9(10)11/h2-7,12H,1H3. The number of aryl methyl sites for hydroxylation is 1. The van der Waals surface area contributed by atoms with Gasteiger partial charge in [0.05, 0.1) is 9.85 Å². The molecule has 0 radical (unpaired) electrons. The molecule has 0 fully saturated rings. The quantitative estimate of drug-likeness (QED) is 0.465. The Labute approximate surface area is 127 Å². The minimum atomic E-state index is 0.180. The molecule has 0 spiro atoms. The van der Waals surface area contributed by atoms with E-state index in [-0.39, 0.29) is 4.83 Å². The maximum Gasteiger partial charge on any atom is 0.0767 e. The van der Waals surface area contributed by atoms with Gasteiger partial charge >= 0.3 is 0 Å². The number of hydrogen-bond acceptors (Lipinski definition) is 2. The Balaban J connectivity index is 2.12. The van der Waals surface area contributed by atoms with E-state index in [0.29, 0.717) is 0 Å². The first-order valence-electron chi connectivity index (χ1n) is 5.52. The zero-order valence-corrected chi connectivity index (χ0v) is 13.6. The van der Waals surface area contributed by atoms with Crippen LogP contribution in [0.4, 0.5) is 0 Å². The molecule has 0 aliphatic heterocycles. The van der Waals surface area contributed by atoms with Gasteiger partial charge in [-0.3, -0.25) is 0 Å². The monoisotopic (exact) mass is 356 g/mol. The molecule has 0 N–H and O–H groups in total. The lowest BCUT2D eigenvalue weighted by atomic mass is 10.1. The second-order valence-corrected chi connectivity index (χ2v) is 7.26. The largest absolute Gasteiger partial charge is 0.145 e. The molecule has 0 amide bonds. The number of fused-ring (bicyclic) bond motifs is 1. The fourth-order valence-corrected chi connectivity index (χ4v) is 5.48. The van der Waals surface area contributed by atoms with Crippen molar-refractivity contribution in [2.45, 2.75) is 11.8 Å². The van der Waals surface area contributed by atoms with E-state index >= 15 is 0 Å². The summed E-state index contributed by atoms with van der Waals surface area (Å²) < 4.78 is 1.32. The Kier molecular flexibility index (Phi) is 3.50. The highest BCUT2D eigenvalue weighted by molar-refractivity contribution is 9.09. The van der Waals surface area contributed by atoms with Crippen LogP contribution in [0, 0.1) is 6.92 Å². The van der Waals surface area contributed by atoms with E-state index in [4.69, 9.17) is 11.6 Å². The fourth-order valence-electron chi connectivity index (χ4n) is 1.96. The van der Waals surface area contributed by atoms with Gasteiger partial charge in [-0.25, -0.2) is 0 Å². The Morgan fingerprint density at radius 2 is 1.94 bits per heavy atom. The highest BCUT2D eigenvalue weighted by Crippen LogP contribution is 2.44. The van der Waals surface area contributed by atoms with E-state index in [0.717, 1.165) is 10.6 Å². The Morgan fingerprint density at radius 1 is 1.17 bits per heavy atom. The van der Waals surface area contributed by atoms with Crippen molar-refractivity contribution in [3.8, 4) is 0 Å². The Hall–Kier alpha value is -0.350. The van der Waals surface area contributed by atoms with Crippen LogP contribution in [0.1, 0.15) is 20.8 Å². The van der Waals surface area contributed by atoms with Gasteiger partial charge in [-0.15, -0.1) is 22.7 Å². The minimum absolute atomic E-state index is 0.180. The van der Waals surface area contributed by atoms with Crippen LogP contribution < -0.4 is 0 Å². The van der Waals surface area contributed by atoms with E-state index in [1.54, 1.807) is 22.7 Å². The lowest BCUT2D eigenvalue weighted by molar-refractivity contribution is 1.26. The third kappa shape index (κ3) is 2.03. The molecule has 4 heteroatoms. The molecular formula is C14H10BrClS2. The molecule has 1 atom stereocenters. The third-order valence-corrected chi connectivity index (χ3v) is 6.95. The van der Waals surface area contributed by atoms with Crippen LogP contribution >= 0.6 is 50.2 Å².